The van der Waals surface area contributed by atoms with Crippen LogP contribution in [-0.4, -0.2) is 55.3 Å². The second kappa shape index (κ2) is 6.97. The third kappa shape index (κ3) is 4.17. The Kier molecular flexibility index (Phi) is 5.38. The predicted octanol–water partition coefficient (Wildman–Crippen LogP) is -2.16. The zero-order chi connectivity index (χ0) is 18.1. The Balaban J connectivity index is 2.45. The lowest BCUT2D eigenvalue weighted by Crippen LogP contribution is -2.41. The summed E-state index contributed by atoms with van der Waals surface area (Å²) in [6, 6.07) is 1.00. The quantitative estimate of drug-likeness (QED) is 0.331. The number of phosphoric acid groups is 1. The van der Waals surface area contributed by atoms with Gasteiger partial charge in [-0.15, -0.1) is 0 Å². The molecule has 2 heterocycles. The maximum Gasteiger partial charge on any atom is 0.470 e. The molecule has 1 aliphatic rings. The number of hydrogen-bond acceptors (Lipinski definition) is 8. The first-order valence-corrected chi connectivity index (χ1v) is 8.14. The van der Waals surface area contributed by atoms with Crippen molar-refractivity contribution in [2.75, 3.05) is 6.61 Å². The van der Waals surface area contributed by atoms with E-state index in [1.807, 2.05) is 4.98 Å². The van der Waals surface area contributed by atoms with Crippen molar-refractivity contribution in [3.63, 3.8) is 0 Å². The molecule has 0 radical (unpaired) electrons. The Morgan fingerprint density at radius 2 is 2.08 bits per heavy atom. The monoisotopic (exact) mass is 366 g/mol. The smallest absolute Gasteiger partial charge is 0.455 e. The molecular weight excluding hydrogens is 351 g/mol. The molecule has 0 amide bonds. The van der Waals surface area contributed by atoms with Crippen LogP contribution in [0.5, 0.6) is 0 Å². The van der Waals surface area contributed by atoms with Crippen molar-refractivity contribution in [3.05, 3.63) is 33.1 Å². The van der Waals surface area contributed by atoms with Crippen LogP contribution in [0.25, 0.3) is 0 Å². The third-order valence-corrected chi connectivity index (χ3v) is 3.67. The second-order valence-electron chi connectivity index (χ2n) is 4.90. The van der Waals surface area contributed by atoms with Crippen molar-refractivity contribution < 1.29 is 38.3 Å². The van der Waals surface area contributed by atoms with Crippen LogP contribution in [0, 0.1) is 0 Å². The van der Waals surface area contributed by atoms with Crippen LogP contribution in [0.2, 0.25) is 0 Å². The van der Waals surface area contributed by atoms with Gasteiger partial charge in [0, 0.05) is 19.2 Å². The Morgan fingerprint density at radius 3 is 2.58 bits per heavy atom. The molecule has 1 saturated heterocycles. The van der Waals surface area contributed by atoms with Crippen molar-refractivity contribution in [2.24, 2.45) is 0 Å². The number of aliphatic hydroxyl groups excluding tert-OH is 1. The molecule has 1 aliphatic heterocycles. The zero-order valence-corrected chi connectivity index (χ0v) is 13.2. The normalized spacial score (nSPS) is 27.2. The highest BCUT2D eigenvalue weighted by Crippen LogP contribution is 2.44. The topological polar surface area (TPSA) is 177 Å². The van der Waals surface area contributed by atoms with Gasteiger partial charge in [0.2, 0.25) is 0 Å². The van der Waals surface area contributed by atoms with E-state index < -0.39 is 56.2 Å². The van der Waals surface area contributed by atoms with Crippen LogP contribution in [-0.2, 0) is 23.4 Å². The number of aliphatic hydroxyl groups is 1. The van der Waals surface area contributed by atoms with Gasteiger partial charge in [0.25, 0.3) is 5.56 Å². The molecule has 0 unspecified atom stereocenters. The van der Waals surface area contributed by atoms with E-state index in [1.54, 1.807) is 0 Å². The first-order valence-electron chi connectivity index (χ1n) is 6.61. The summed E-state index contributed by atoms with van der Waals surface area (Å²) in [7, 11) is -5.01. The Labute approximate surface area is 133 Å². The molecule has 4 atom stereocenters. The van der Waals surface area contributed by atoms with E-state index in [-0.39, 0.29) is 0 Å². The zero-order valence-electron chi connectivity index (χ0n) is 12.3. The molecule has 0 spiro atoms. The molecule has 0 saturated carbocycles. The van der Waals surface area contributed by atoms with Gasteiger partial charge in [0.15, 0.2) is 12.3 Å². The van der Waals surface area contributed by atoms with Crippen molar-refractivity contribution in [3.8, 4) is 0 Å². The van der Waals surface area contributed by atoms with Crippen molar-refractivity contribution in [1.82, 2.24) is 9.55 Å². The minimum Gasteiger partial charge on any atom is -0.455 e. The number of esters is 1. The largest absolute Gasteiger partial charge is 0.470 e. The minimum absolute atomic E-state index is 0.681. The molecule has 1 fully saturated rings. The average molecular weight is 366 g/mol. The number of carbonyl (C=O) groups is 1. The molecule has 134 valence electrons. The van der Waals surface area contributed by atoms with Gasteiger partial charge in [0.1, 0.15) is 12.2 Å². The molecule has 1 aromatic heterocycles. The highest BCUT2D eigenvalue weighted by Gasteiger charge is 2.51. The lowest BCUT2D eigenvalue weighted by Gasteiger charge is -2.24. The summed E-state index contributed by atoms with van der Waals surface area (Å²) >= 11 is 0. The van der Waals surface area contributed by atoms with E-state index in [0.717, 1.165) is 23.8 Å². The molecular formula is C11H15N2O10P. The average Bonchev–Trinajstić information content (AvgIpc) is 2.74. The van der Waals surface area contributed by atoms with Gasteiger partial charge in [-0.25, -0.2) is 9.36 Å². The fraction of sp³-hybridized carbons (Fsp3) is 0.545. The number of nitrogens with zero attached hydrogens (tertiary/aromatic N) is 1. The van der Waals surface area contributed by atoms with Crippen LogP contribution < -0.4 is 11.2 Å². The fourth-order valence-corrected chi connectivity index (χ4v) is 2.88. The number of H-pyrrole nitrogens is 1. The maximum absolute atomic E-state index is 11.9. The number of phosphoric ester groups is 1. The third-order valence-electron chi connectivity index (χ3n) is 3.15. The number of carbonyl (C=O) groups excluding carboxylic acids is 1. The van der Waals surface area contributed by atoms with Gasteiger partial charge < -0.3 is 24.4 Å². The van der Waals surface area contributed by atoms with Gasteiger partial charge in [-0.05, 0) is 0 Å². The van der Waals surface area contributed by atoms with Crippen molar-refractivity contribution in [1.29, 1.82) is 0 Å². The van der Waals surface area contributed by atoms with Gasteiger partial charge in [-0.3, -0.25) is 23.7 Å². The van der Waals surface area contributed by atoms with Crippen LogP contribution >= 0.6 is 7.82 Å². The summed E-state index contributed by atoms with van der Waals surface area (Å²) in [4.78, 5) is 54.2. The van der Waals surface area contributed by atoms with Crippen LogP contribution in [0.1, 0.15) is 13.2 Å². The molecule has 2 rings (SSSR count). The van der Waals surface area contributed by atoms with Gasteiger partial charge in [-0.1, -0.05) is 0 Å². The predicted molar refractivity (Wildman–Crippen MR) is 74.8 cm³/mol. The lowest BCUT2D eigenvalue weighted by molar-refractivity contribution is -0.155. The number of aromatic nitrogens is 2. The second-order valence-corrected chi connectivity index (χ2v) is 6.09. The first-order chi connectivity index (χ1) is 11.1. The molecule has 0 bridgehead atoms. The Bertz CT molecular complexity index is 767. The van der Waals surface area contributed by atoms with Crippen molar-refractivity contribution in [2.45, 2.75) is 31.5 Å². The van der Waals surface area contributed by atoms with E-state index in [0.29, 0.717) is 0 Å². The van der Waals surface area contributed by atoms with Gasteiger partial charge >= 0.3 is 19.5 Å². The summed E-state index contributed by atoms with van der Waals surface area (Å²) in [6.45, 7) is 0.310. The molecule has 13 heteroatoms. The van der Waals surface area contributed by atoms with E-state index in [1.165, 1.54) is 0 Å². The van der Waals surface area contributed by atoms with E-state index in [9.17, 15) is 24.1 Å². The minimum atomic E-state index is -5.01. The molecule has 12 nitrogen and oxygen atoms in total. The maximum atomic E-state index is 11.9. The molecule has 24 heavy (non-hydrogen) atoms. The highest BCUT2D eigenvalue weighted by atomic mass is 31.2. The van der Waals surface area contributed by atoms with Crippen LogP contribution in [0.15, 0.2) is 21.9 Å². The number of nitrogens with one attached hydrogen (secondary N) is 1. The first kappa shape index (κ1) is 18.5. The summed E-state index contributed by atoms with van der Waals surface area (Å²) in [5.74, 6) is -0.830. The molecule has 0 aromatic carbocycles. The summed E-state index contributed by atoms with van der Waals surface area (Å²) in [5.41, 5.74) is -1.59. The lowest BCUT2D eigenvalue weighted by atomic mass is 10.1. The summed E-state index contributed by atoms with van der Waals surface area (Å²) < 4.78 is 26.8. The summed E-state index contributed by atoms with van der Waals surface area (Å²) in [6.07, 6.45) is -4.59. The molecule has 4 N–H and O–H groups in total. The highest BCUT2D eigenvalue weighted by molar-refractivity contribution is 7.46. The van der Waals surface area contributed by atoms with E-state index in [2.05, 4.69) is 4.52 Å². The van der Waals surface area contributed by atoms with Crippen LogP contribution in [0.3, 0.4) is 0 Å². The number of aromatic amines is 1. The Hall–Kier alpha value is -1.82. The van der Waals surface area contributed by atoms with Gasteiger partial charge in [0.05, 0.1) is 6.61 Å². The van der Waals surface area contributed by atoms with Crippen molar-refractivity contribution >= 4 is 13.8 Å². The standard InChI is InChI=1S/C11H15N2O10P/c1-5(15)21-9-8(23-24(18,19)20)6(4-14)22-10(9)13-3-2-7(16)12-11(13)17/h2-3,6,8-10,14H,4H2,1H3,(H,12,16,17)(H2,18,19,20)/t6-,8-,9-,10-/m1/s1. The Morgan fingerprint density at radius 1 is 1.42 bits per heavy atom. The van der Waals surface area contributed by atoms with Gasteiger partial charge in [-0.2, -0.15) is 0 Å². The summed E-state index contributed by atoms with van der Waals surface area (Å²) in [5, 5.41) is 9.32. The number of ether oxygens (including phenoxy) is 2. The SMILES string of the molecule is CC(=O)O[C@@H]1[C@H](OP(=O)(O)O)[C@@H](CO)O[C@H]1n1ccc(=O)[nH]c1=O. The van der Waals surface area contributed by atoms with Crippen LogP contribution in [0.4, 0.5) is 0 Å². The fourth-order valence-electron chi connectivity index (χ4n) is 2.31. The number of rotatable bonds is 5. The van der Waals surface area contributed by atoms with E-state index in [4.69, 9.17) is 19.3 Å². The molecule has 0 aliphatic carbocycles. The van der Waals surface area contributed by atoms with E-state index >= 15 is 0 Å². The molecule has 1 aromatic rings. The number of hydrogen-bond donors (Lipinski definition) is 4.